The Bertz CT molecular complexity index is 1250. The van der Waals surface area contributed by atoms with Gasteiger partial charge in [0.15, 0.2) is 0 Å². The van der Waals surface area contributed by atoms with E-state index in [0.29, 0.717) is 69.6 Å². The van der Waals surface area contributed by atoms with Crippen LogP contribution in [0.5, 0.6) is 11.8 Å². The molecule has 2 unspecified atom stereocenters. The summed E-state index contributed by atoms with van der Waals surface area (Å²) in [6.07, 6.45) is 3.67. The number of aromatic nitrogens is 2. The fraction of sp³-hybridized carbons (Fsp3) is 0.536. The van der Waals surface area contributed by atoms with E-state index in [1.165, 1.54) is 12.5 Å². The van der Waals surface area contributed by atoms with Gasteiger partial charge in [0, 0.05) is 49.4 Å². The van der Waals surface area contributed by atoms with Crippen LogP contribution >= 0.6 is 11.6 Å². The molecule has 3 fully saturated rings. The number of morpholine rings is 1. The highest BCUT2D eigenvalue weighted by molar-refractivity contribution is 6.31. The molecule has 1 aromatic carbocycles. The number of amides is 1. The first-order valence-corrected chi connectivity index (χ1v) is 14.0. The molecule has 2 bridgehead atoms. The number of benzene rings is 1. The summed E-state index contributed by atoms with van der Waals surface area (Å²) in [6.45, 7) is 9.38. The van der Waals surface area contributed by atoms with E-state index in [2.05, 4.69) is 28.3 Å². The van der Waals surface area contributed by atoms with Crippen molar-refractivity contribution in [2.24, 2.45) is 0 Å². The average molecular weight is 555 g/mol. The molecule has 1 aromatic heterocycles. The molecular formula is C28H35ClN6O4. The van der Waals surface area contributed by atoms with Crippen LogP contribution in [0.4, 0.5) is 5.82 Å². The van der Waals surface area contributed by atoms with E-state index < -0.39 is 0 Å². The number of hydrogen-bond donors (Lipinski definition) is 1. The number of phenolic OH excluding ortho intramolecular Hbond substituents is 1. The van der Waals surface area contributed by atoms with Crippen molar-refractivity contribution in [3.05, 3.63) is 52.7 Å². The molecule has 6 rings (SSSR count). The van der Waals surface area contributed by atoms with Gasteiger partial charge in [-0.25, -0.2) is 0 Å². The first-order valence-electron chi connectivity index (χ1n) is 13.6. The van der Waals surface area contributed by atoms with Gasteiger partial charge < -0.3 is 29.3 Å². The molecule has 1 amide bonds. The van der Waals surface area contributed by atoms with Crippen molar-refractivity contribution in [1.82, 2.24) is 24.7 Å². The molecule has 39 heavy (non-hydrogen) atoms. The molecule has 4 aliphatic heterocycles. The molecule has 0 spiro atoms. The monoisotopic (exact) mass is 554 g/mol. The minimum absolute atomic E-state index is 0.0558. The summed E-state index contributed by atoms with van der Waals surface area (Å²) in [5.74, 6) is 1.00. The molecule has 0 aliphatic carbocycles. The lowest BCUT2D eigenvalue weighted by atomic mass is 10.0. The summed E-state index contributed by atoms with van der Waals surface area (Å²) in [4.78, 5) is 31.2. The van der Waals surface area contributed by atoms with Crippen LogP contribution in [0.2, 0.25) is 5.02 Å². The number of fused-ring (bicyclic) bond motifs is 3. The zero-order chi connectivity index (χ0) is 27.1. The van der Waals surface area contributed by atoms with Crippen LogP contribution < -0.4 is 9.64 Å². The Labute approximate surface area is 233 Å². The second-order valence-corrected chi connectivity index (χ2v) is 11.4. The van der Waals surface area contributed by atoms with Crippen molar-refractivity contribution in [2.75, 3.05) is 51.4 Å². The quantitative estimate of drug-likeness (QED) is 0.518. The Balaban J connectivity index is 1.28. The first-order chi connectivity index (χ1) is 18.9. The number of piperazine rings is 1. The summed E-state index contributed by atoms with van der Waals surface area (Å²) in [5, 5.41) is 10.6. The molecule has 3 atom stereocenters. The highest BCUT2D eigenvalue weighted by atomic mass is 35.5. The molecule has 4 aliphatic rings. The van der Waals surface area contributed by atoms with E-state index in [9.17, 15) is 9.90 Å². The van der Waals surface area contributed by atoms with Crippen LogP contribution in [-0.4, -0.2) is 100 Å². The van der Waals surface area contributed by atoms with Gasteiger partial charge >= 0.3 is 6.01 Å². The number of carbonyl (C=O) groups excluding carboxylic acids is 1. The van der Waals surface area contributed by atoms with E-state index in [1.807, 2.05) is 4.90 Å². The van der Waals surface area contributed by atoms with Gasteiger partial charge in [0.1, 0.15) is 18.2 Å². The SMILES string of the molecule is C=CC(=O)N1C2COCC1CN(c1nc(OC[C@@H]3CCCN3C)nc3c1CN(Cc1cc(O)ccc1Cl)C3)C2. The third-order valence-corrected chi connectivity index (χ3v) is 8.67. The second kappa shape index (κ2) is 10.9. The summed E-state index contributed by atoms with van der Waals surface area (Å²) < 4.78 is 12.0. The Kier molecular flexibility index (Phi) is 7.37. The maximum absolute atomic E-state index is 12.6. The third-order valence-electron chi connectivity index (χ3n) is 8.30. The van der Waals surface area contributed by atoms with Crippen LogP contribution in [0.15, 0.2) is 30.9 Å². The maximum atomic E-state index is 12.6. The third kappa shape index (κ3) is 5.30. The van der Waals surface area contributed by atoms with Crippen LogP contribution in [-0.2, 0) is 29.2 Å². The van der Waals surface area contributed by atoms with E-state index in [1.54, 1.807) is 18.2 Å². The van der Waals surface area contributed by atoms with Crippen LogP contribution in [0.1, 0.15) is 29.7 Å². The lowest BCUT2D eigenvalue weighted by molar-refractivity contribution is -0.142. The number of aromatic hydroxyl groups is 1. The van der Waals surface area contributed by atoms with E-state index in [0.717, 1.165) is 35.6 Å². The standard InChI is InChI=1S/C28H35ClN6O4/c1-3-26(37)35-20-11-34(12-21(35)16-38-15-20)27-23-13-33(10-18-9-22(36)6-7-24(18)29)14-25(23)30-28(31-27)39-17-19-5-4-8-32(19)2/h3,6-7,9,19-21,36H,1,4-5,8,10-17H2,2H3/t19-,20?,21?/m0/s1. The fourth-order valence-electron chi connectivity index (χ4n) is 6.30. The molecule has 3 saturated heterocycles. The summed E-state index contributed by atoms with van der Waals surface area (Å²) in [6, 6.07) is 5.63. The van der Waals surface area contributed by atoms with E-state index in [-0.39, 0.29) is 23.7 Å². The summed E-state index contributed by atoms with van der Waals surface area (Å²) in [5.41, 5.74) is 2.87. The molecule has 0 radical (unpaired) electrons. The highest BCUT2D eigenvalue weighted by Gasteiger charge is 2.42. The number of halogens is 1. The van der Waals surface area contributed by atoms with E-state index >= 15 is 0 Å². The number of likely N-dealkylation sites (N-methyl/N-ethyl adjacent to an activating group) is 1. The second-order valence-electron chi connectivity index (χ2n) is 11.0. The number of hydrogen-bond acceptors (Lipinski definition) is 9. The van der Waals surface area contributed by atoms with Gasteiger partial charge in [-0.05, 0) is 56.3 Å². The van der Waals surface area contributed by atoms with Gasteiger partial charge in [0.25, 0.3) is 0 Å². The van der Waals surface area contributed by atoms with Crippen molar-refractivity contribution >= 4 is 23.3 Å². The topological polar surface area (TPSA) is 94.5 Å². The molecule has 208 valence electrons. The average Bonchev–Trinajstić information content (AvgIpc) is 3.52. The van der Waals surface area contributed by atoms with Gasteiger partial charge in [0.2, 0.25) is 5.91 Å². The molecule has 10 nitrogen and oxygen atoms in total. The molecule has 0 saturated carbocycles. The number of phenols is 1. The normalized spacial score (nSPS) is 25.1. The number of rotatable bonds is 7. The summed E-state index contributed by atoms with van der Waals surface area (Å²) >= 11 is 6.44. The van der Waals surface area contributed by atoms with Crippen LogP contribution in [0, 0.1) is 0 Å². The number of nitrogens with zero attached hydrogens (tertiary/aromatic N) is 6. The molecular weight excluding hydrogens is 520 g/mol. The minimum Gasteiger partial charge on any atom is -0.508 e. The van der Waals surface area contributed by atoms with Crippen molar-refractivity contribution in [3.8, 4) is 11.8 Å². The molecule has 1 N–H and O–H groups in total. The van der Waals surface area contributed by atoms with Gasteiger partial charge in [-0.3, -0.25) is 9.69 Å². The smallest absolute Gasteiger partial charge is 0.318 e. The Hall–Kier alpha value is -2.92. The van der Waals surface area contributed by atoms with Gasteiger partial charge in [0.05, 0.1) is 31.0 Å². The maximum Gasteiger partial charge on any atom is 0.318 e. The Morgan fingerprint density at radius 3 is 2.77 bits per heavy atom. The van der Waals surface area contributed by atoms with Gasteiger partial charge in [-0.2, -0.15) is 9.97 Å². The van der Waals surface area contributed by atoms with Crippen molar-refractivity contribution in [2.45, 2.75) is 50.6 Å². The van der Waals surface area contributed by atoms with Crippen molar-refractivity contribution in [1.29, 1.82) is 0 Å². The number of likely N-dealkylation sites (tertiary alicyclic amines) is 1. The predicted molar refractivity (Wildman–Crippen MR) is 147 cm³/mol. The first kappa shape index (κ1) is 26.3. The predicted octanol–water partition coefficient (Wildman–Crippen LogP) is 2.43. The molecule has 2 aromatic rings. The highest BCUT2D eigenvalue weighted by Crippen LogP contribution is 2.35. The fourth-order valence-corrected chi connectivity index (χ4v) is 6.48. The Morgan fingerprint density at radius 1 is 1.26 bits per heavy atom. The van der Waals surface area contributed by atoms with Crippen LogP contribution in [0.3, 0.4) is 0 Å². The minimum atomic E-state index is -0.0753. The van der Waals surface area contributed by atoms with Gasteiger partial charge in [-0.1, -0.05) is 18.2 Å². The Morgan fingerprint density at radius 2 is 2.05 bits per heavy atom. The lowest BCUT2D eigenvalue weighted by Crippen LogP contribution is -2.66. The summed E-state index contributed by atoms with van der Waals surface area (Å²) in [7, 11) is 2.13. The number of anilines is 1. The zero-order valence-electron chi connectivity index (χ0n) is 22.3. The van der Waals surface area contributed by atoms with Crippen molar-refractivity contribution < 1.29 is 19.4 Å². The van der Waals surface area contributed by atoms with E-state index in [4.69, 9.17) is 31.0 Å². The number of ether oxygens (including phenoxy) is 2. The van der Waals surface area contributed by atoms with Gasteiger partial charge in [-0.15, -0.1) is 0 Å². The lowest BCUT2D eigenvalue weighted by Gasteiger charge is -2.49. The van der Waals surface area contributed by atoms with Crippen molar-refractivity contribution in [3.63, 3.8) is 0 Å². The van der Waals surface area contributed by atoms with Crippen LogP contribution in [0.25, 0.3) is 0 Å². The number of carbonyl (C=O) groups is 1. The zero-order valence-corrected chi connectivity index (χ0v) is 23.0. The molecule has 11 heteroatoms. The largest absolute Gasteiger partial charge is 0.508 e. The molecule has 5 heterocycles.